The van der Waals surface area contributed by atoms with Gasteiger partial charge in [-0.25, -0.2) is 0 Å². The molecule has 0 heterocycles. The first-order valence-electron chi connectivity index (χ1n) is 4.02. The van der Waals surface area contributed by atoms with Gasteiger partial charge < -0.3 is 8.42 Å². The minimum Gasteiger partial charge on any atom is -0.413 e. The second kappa shape index (κ2) is 5.92. The molecule has 2 rings (SSSR count). The molecule has 0 bridgehead atoms. The van der Waals surface area contributed by atoms with Crippen molar-refractivity contribution in [2.75, 3.05) is 0 Å². The van der Waals surface area contributed by atoms with Crippen molar-refractivity contribution in [3.8, 4) is 0 Å². The van der Waals surface area contributed by atoms with Gasteiger partial charge in [-0.1, -0.05) is 30.3 Å². The van der Waals surface area contributed by atoms with Crippen LogP contribution in [-0.2, 0) is 18.2 Å². The Labute approximate surface area is 116 Å². The second-order valence-corrected chi connectivity index (χ2v) is 5.16. The van der Waals surface area contributed by atoms with Crippen molar-refractivity contribution < 1.29 is 38.0 Å². The smallest absolute Gasteiger partial charge is 0.413 e. The van der Waals surface area contributed by atoms with Crippen molar-refractivity contribution in [1.82, 2.24) is 0 Å². The normalized spacial score (nSPS) is 10.2. The summed E-state index contributed by atoms with van der Waals surface area (Å²) in [5, 5.41) is 2.18. The quantitative estimate of drug-likeness (QED) is 0.430. The summed E-state index contributed by atoms with van der Waals surface area (Å²) >= 11 is 0. The molecule has 0 fully saturated rings. The van der Waals surface area contributed by atoms with Crippen LogP contribution in [0.25, 0.3) is 10.8 Å². The molecular weight excluding hydrogens is 239 g/mol. The van der Waals surface area contributed by atoms with Gasteiger partial charge in [0.2, 0.25) is 0 Å². The molecule has 0 aliphatic rings. The van der Waals surface area contributed by atoms with E-state index in [0.29, 0.717) is 0 Å². The first-order valence-corrected chi connectivity index (χ1v) is 6.43. The van der Waals surface area contributed by atoms with Crippen LogP contribution in [0.15, 0.2) is 47.4 Å². The molecule has 0 N–H and O–H groups in total. The summed E-state index contributed by atoms with van der Waals surface area (Å²) in [7, 11) is -1.26. The number of rotatable bonds is 2. The summed E-state index contributed by atoms with van der Waals surface area (Å²) < 4.78 is 20.9. The van der Waals surface area contributed by atoms with Gasteiger partial charge in [0.05, 0.1) is 0 Å². The Morgan fingerprint density at radius 1 is 0.933 bits per heavy atom. The fourth-order valence-electron chi connectivity index (χ4n) is 1.30. The molecule has 2 aromatic carbocycles. The van der Waals surface area contributed by atoms with Gasteiger partial charge in [0.15, 0.2) is 0 Å². The third kappa shape index (κ3) is 3.50. The fraction of sp³-hybridized carbons (Fsp3) is 0. The number of benzene rings is 2. The second-order valence-electron chi connectivity index (χ2n) is 2.80. The average molecular weight is 246 g/mol. The van der Waals surface area contributed by atoms with E-state index in [1.807, 2.05) is 42.5 Å². The van der Waals surface area contributed by atoms with Crippen molar-refractivity contribution in [2.24, 2.45) is 0 Å². The van der Waals surface area contributed by atoms with Gasteiger partial charge in [0.25, 0.3) is 0 Å². The van der Waals surface area contributed by atoms with Gasteiger partial charge in [-0.2, -0.15) is 10.8 Å². The van der Waals surface area contributed by atoms with E-state index in [4.69, 9.17) is 0 Å². The fourth-order valence-corrected chi connectivity index (χ4v) is 2.54. The Hall–Kier alpha value is 0. The zero-order chi connectivity index (χ0) is 9.97. The molecule has 0 saturated carbocycles. The Morgan fingerprint density at radius 3 is 2.27 bits per heavy atom. The van der Waals surface area contributed by atoms with Crippen LogP contribution in [0.3, 0.4) is 0 Å². The van der Waals surface area contributed by atoms with E-state index in [1.54, 1.807) is 0 Å². The molecule has 0 radical (unpaired) electrons. The van der Waals surface area contributed by atoms with Crippen molar-refractivity contribution in [2.45, 2.75) is 4.90 Å². The van der Waals surface area contributed by atoms with Crippen LogP contribution in [0.4, 0.5) is 0 Å². The van der Waals surface area contributed by atoms with E-state index < -0.39 is 9.74 Å². The van der Waals surface area contributed by atoms with Gasteiger partial charge in [0.1, 0.15) is 0 Å². The van der Waals surface area contributed by atoms with Crippen LogP contribution < -0.4 is 29.6 Å². The van der Waals surface area contributed by atoms with Gasteiger partial charge in [0, 0.05) is 0 Å². The van der Waals surface area contributed by atoms with Crippen molar-refractivity contribution >= 4 is 31.3 Å². The Morgan fingerprint density at radius 2 is 1.60 bits per heavy atom. The summed E-state index contributed by atoms with van der Waals surface area (Å²) in [5.74, 6) is 0. The number of hydrogen-bond donors (Lipinski definition) is 0. The molecule has 0 amide bonds. The molecule has 15 heavy (non-hydrogen) atoms. The average Bonchev–Trinajstić information content (AvgIpc) is 2.17. The third-order valence-corrected chi connectivity index (χ3v) is 3.45. The monoisotopic (exact) mass is 246 g/mol. The maximum absolute atomic E-state index is 10.5. The van der Waals surface area contributed by atoms with Crippen LogP contribution >= 0.6 is 10.8 Å². The van der Waals surface area contributed by atoms with Gasteiger partial charge in [-0.15, -0.1) is 0 Å². The number of fused-ring (bicyclic) bond motifs is 1. The molecule has 0 aliphatic carbocycles. The number of hydrogen-bond acceptors (Lipinski definition) is 4. The van der Waals surface area contributed by atoms with Crippen LogP contribution in [0.5, 0.6) is 0 Å². The van der Waals surface area contributed by atoms with Gasteiger partial charge in [-0.05, 0) is 37.5 Å². The molecule has 5 heteroatoms. The largest absolute Gasteiger partial charge is 1.00 e. The maximum Gasteiger partial charge on any atom is 1.00 e. The summed E-state index contributed by atoms with van der Waals surface area (Å²) in [6.07, 6.45) is 0. The van der Waals surface area contributed by atoms with E-state index in [0.717, 1.165) is 26.5 Å². The summed E-state index contributed by atoms with van der Waals surface area (Å²) in [6, 6.07) is 13.5. The summed E-state index contributed by atoms with van der Waals surface area (Å²) in [5.41, 5.74) is 0. The first kappa shape index (κ1) is 13.1. The van der Waals surface area contributed by atoms with E-state index in [-0.39, 0.29) is 29.6 Å². The van der Waals surface area contributed by atoms with E-state index in [1.165, 1.54) is 0 Å². The van der Waals surface area contributed by atoms with Crippen molar-refractivity contribution in [3.63, 3.8) is 0 Å². The topological polar surface area (TPSA) is 34.1 Å². The summed E-state index contributed by atoms with van der Waals surface area (Å²) in [6.45, 7) is 0. The molecule has 0 aliphatic heterocycles. The Balaban J connectivity index is 0.00000112. The molecule has 0 spiro atoms. The van der Waals surface area contributed by atoms with Crippen molar-refractivity contribution in [3.05, 3.63) is 42.5 Å². The first-order chi connectivity index (χ1) is 6.75. The Kier molecular flexibility index (Phi) is 5.15. The predicted molar refractivity (Wildman–Crippen MR) is 58.5 cm³/mol. The third-order valence-electron chi connectivity index (χ3n) is 1.89. The molecule has 2 nitrogen and oxygen atoms in total. The van der Waals surface area contributed by atoms with E-state index >= 15 is 0 Å². The van der Waals surface area contributed by atoms with Gasteiger partial charge >= 0.3 is 29.6 Å². The summed E-state index contributed by atoms with van der Waals surface area (Å²) in [4.78, 5) is 0.747. The van der Waals surface area contributed by atoms with Crippen LogP contribution in [0, 0.1) is 0 Å². The zero-order valence-electron chi connectivity index (χ0n) is 8.17. The molecule has 0 aromatic heterocycles. The minimum atomic E-state index is -2.09. The maximum atomic E-state index is 10.5. The van der Waals surface area contributed by atoms with E-state index in [2.05, 4.69) is 0 Å². The predicted octanol–water partition coefficient (Wildman–Crippen LogP) is 0.160. The van der Waals surface area contributed by atoms with Crippen molar-refractivity contribution in [1.29, 1.82) is 0 Å². The molecule has 2 aromatic rings. The van der Waals surface area contributed by atoms with Crippen LogP contribution in [0.1, 0.15) is 0 Å². The molecule has 0 saturated heterocycles. The zero-order valence-corrected chi connectivity index (χ0v) is 11.8. The molecule has 0 atom stereocenters. The minimum absolute atomic E-state index is 0. The Bertz CT molecular complexity index is 530. The van der Waals surface area contributed by atoms with Crippen LogP contribution in [0.2, 0.25) is 0 Å². The molecule has 72 valence electrons. The SMILES string of the molecule is O=[S-](=O)Sc1ccc2ccccc2c1.[Na+]. The standard InChI is InChI=1S/C10H7O2S2.Na/c11-14(12)13-10-6-5-8-3-1-2-4-9(8)7-10;/h1-7H;/q-1;+1. The molecule has 0 unspecified atom stereocenters. The van der Waals surface area contributed by atoms with E-state index in [9.17, 15) is 8.42 Å². The molecular formula is C10H7NaO2S2. The van der Waals surface area contributed by atoms with Gasteiger partial charge in [-0.3, -0.25) is 0 Å². The van der Waals surface area contributed by atoms with Crippen LogP contribution in [-0.4, -0.2) is 0 Å².